The van der Waals surface area contributed by atoms with Crippen LogP contribution < -0.4 is 14.8 Å². The van der Waals surface area contributed by atoms with Crippen LogP contribution in [-0.4, -0.2) is 17.7 Å². The van der Waals surface area contributed by atoms with Gasteiger partial charge in [0.1, 0.15) is 6.61 Å². The topological polar surface area (TPSA) is 67.8 Å². The van der Waals surface area contributed by atoms with E-state index >= 15 is 0 Å². The number of benzene rings is 3. The summed E-state index contributed by atoms with van der Waals surface area (Å²) in [6.07, 6.45) is 0. The second-order valence-electron chi connectivity index (χ2n) is 6.33. The van der Waals surface area contributed by atoms with Gasteiger partial charge in [0.05, 0.1) is 12.2 Å². The molecule has 0 aromatic heterocycles. The SMILES string of the molecule is CCOc1cc(CNc2ccc(C(=O)O)cc2)ccc1OCc1ccccc1Cl. The van der Waals surface area contributed by atoms with E-state index in [4.69, 9.17) is 26.2 Å². The fourth-order valence-corrected chi connectivity index (χ4v) is 2.95. The van der Waals surface area contributed by atoms with Crippen molar-refractivity contribution in [3.8, 4) is 11.5 Å². The first kappa shape index (κ1) is 20.6. The number of carboxylic acid groups (broad SMARTS) is 1. The number of hydrogen-bond acceptors (Lipinski definition) is 4. The average Bonchev–Trinajstić information content (AvgIpc) is 2.73. The lowest BCUT2D eigenvalue weighted by Crippen LogP contribution is -2.03. The van der Waals surface area contributed by atoms with Gasteiger partial charge >= 0.3 is 5.97 Å². The number of carboxylic acids is 1. The zero-order chi connectivity index (χ0) is 20.6. The molecule has 0 spiro atoms. The van der Waals surface area contributed by atoms with Gasteiger partial charge in [0.2, 0.25) is 0 Å². The van der Waals surface area contributed by atoms with E-state index in [9.17, 15) is 4.79 Å². The van der Waals surface area contributed by atoms with Gasteiger partial charge in [0, 0.05) is 22.8 Å². The first-order valence-electron chi connectivity index (χ1n) is 9.26. The Hall–Kier alpha value is -3.18. The molecule has 0 fully saturated rings. The number of halogens is 1. The summed E-state index contributed by atoms with van der Waals surface area (Å²) < 4.78 is 11.7. The molecule has 29 heavy (non-hydrogen) atoms. The number of anilines is 1. The minimum Gasteiger partial charge on any atom is -0.490 e. The molecule has 0 amide bonds. The number of rotatable bonds is 9. The van der Waals surface area contributed by atoms with Crippen LogP contribution in [-0.2, 0) is 13.2 Å². The zero-order valence-electron chi connectivity index (χ0n) is 16.0. The van der Waals surface area contributed by atoms with Crippen molar-refractivity contribution >= 4 is 23.3 Å². The fourth-order valence-electron chi connectivity index (χ4n) is 2.76. The molecule has 150 valence electrons. The van der Waals surface area contributed by atoms with Crippen LogP contribution in [0.2, 0.25) is 5.02 Å². The number of aromatic carboxylic acids is 1. The molecule has 0 saturated carbocycles. The summed E-state index contributed by atoms with van der Waals surface area (Å²) in [7, 11) is 0. The standard InChI is InChI=1S/C23H22ClNO4/c1-2-28-22-13-16(14-25-19-10-8-17(9-11-19)23(26)27)7-12-21(22)29-15-18-5-3-4-6-20(18)24/h3-13,25H,2,14-15H2,1H3,(H,26,27). The Bertz CT molecular complexity index is 973. The Labute approximate surface area is 174 Å². The molecule has 0 saturated heterocycles. The van der Waals surface area contributed by atoms with E-state index in [1.807, 2.05) is 49.4 Å². The highest BCUT2D eigenvalue weighted by molar-refractivity contribution is 6.31. The van der Waals surface area contributed by atoms with E-state index in [-0.39, 0.29) is 5.56 Å². The van der Waals surface area contributed by atoms with Gasteiger partial charge in [-0.2, -0.15) is 0 Å². The van der Waals surface area contributed by atoms with Crippen molar-refractivity contribution in [3.63, 3.8) is 0 Å². The Balaban J connectivity index is 1.66. The van der Waals surface area contributed by atoms with Gasteiger partial charge in [0.15, 0.2) is 11.5 Å². The third-order valence-electron chi connectivity index (χ3n) is 4.28. The summed E-state index contributed by atoms with van der Waals surface area (Å²) in [4.78, 5) is 10.9. The van der Waals surface area contributed by atoms with Crippen LogP contribution in [0.4, 0.5) is 5.69 Å². The molecule has 3 aromatic carbocycles. The van der Waals surface area contributed by atoms with Gasteiger partial charge in [-0.25, -0.2) is 4.79 Å². The highest BCUT2D eigenvalue weighted by atomic mass is 35.5. The van der Waals surface area contributed by atoms with E-state index in [1.54, 1.807) is 24.3 Å². The molecule has 0 bridgehead atoms. The zero-order valence-corrected chi connectivity index (χ0v) is 16.8. The van der Waals surface area contributed by atoms with Crippen molar-refractivity contribution in [2.24, 2.45) is 0 Å². The van der Waals surface area contributed by atoms with E-state index < -0.39 is 5.97 Å². The van der Waals surface area contributed by atoms with Gasteiger partial charge in [-0.15, -0.1) is 0 Å². The second kappa shape index (κ2) is 9.85. The summed E-state index contributed by atoms with van der Waals surface area (Å²) in [5.74, 6) is 0.381. The normalized spacial score (nSPS) is 10.4. The number of carbonyl (C=O) groups is 1. The van der Waals surface area contributed by atoms with Crippen LogP contribution in [0.15, 0.2) is 66.7 Å². The predicted molar refractivity (Wildman–Crippen MR) is 114 cm³/mol. The maximum Gasteiger partial charge on any atom is 0.335 e. The summed E-state index contributed by atoms with van der Waals surface area (Å²) in [6, 6.07) is 20.0. The lowest BCUT2D eigenvalue weighted by Gasteiger charge is -2.14. The highest BCUT2D eigenvalue weighted by Gasteiger charge is 2.09. The molecule has 0 radical (unpaired) electrons. The van der Waals surface area contributed by atoms with Crippen molar-refractivity contribution < 1.29 is 19.4 Å². The Morgan fingerprint density at radius 2 is 1.76 bits per heavy atom. The maximum absolute atomic E-state index is 10.9. The lowest BCUT2D eigenvalue weighted by atomic mass is 10.1. The van der Waals surface area contributed by atoms with Crippen LogP contribution in [0.5, 0.6) is 11.5 Å². The van der Waals surface area contributed by atoms with Gasteiger partial charge in [0.25, 0.3) is 0 Å². The third-order valence-corrected chi connectivity index (χ3v) is 4.65. The minimum absolute atomic E-state index is 0.259. The van der Waals surface area contributed by atoms with Gasteiger partial charge in [-0.05, 0) is 55.0 Å². The van der Waals surface area contributed by atoms with Crippen molar-refractivity contribution in [3.05, 3.63) is 88.4 Å². The van der Waals surface area contributed by atoms with Crippen molar-refractivity contribution in [2.75, 3.05) is 11.9 Å². The monoisotopic (exact) mass is 411 g/mol. The highest BCUT2D eigenvalue weighted by Crippen LogP contribution is 2.30. The molecule has 0 unspecified atom stereocenters. The molecule has 2 N–H and O–H groups in total. The van der Waals surface area contributed by atoms with Crippen molar-refractivity contribution in [2.45, 2.75) is 20.1 Å². The maximum atomic E-state index is 10.9. The van der Waals surface area contributed by atoms with Crippen molar-refractivity contribution in [1.82, 2.24) is 0 Å². The van der Waals surface area contributed by atoms with E-state index in [2.05, 4.69) is 5.32 Å². The quantitative estimate of drug-likeness (QED) is 0.477. The fraction of sp³-hybridized carbons (Fsp3) is 0.174. The number of nitrogens with one attached hydrogen (secondary N) is 1. The summed E-state index contributed by atoms with van der Waals surface area (Å²) >= 11 is 6.19. The van der Waals surface area contributed by atoms with Crippen LogP contribution in [0.1, 0.15) is 28.4 Å². The van der Waals surface area contributed by atoms with Crippen LogP contribution in [0.25, 0.3) is 0 Å². The molecule has 6 heteroatoms. The molecule has 0 aliphatic rings. The van der Waals surface area contributed by atoms with E-state index in [0.717, 1.165) is 16.8 Å². The molecule has 3 aromatic rings. The van der Waals surface area contributed by atoms with E-state index in [1.165, 1.54) is 0 Å². The summed E-state index contributed by atoms with van der Waals surface area (Å²) in [6.45, 7) is 3.37. The first-order chi connectivity index (χ1) is 14.1. The molecule has 5 nitrogen and oxygen atoms in total. The predicted octanol–water partition coefficient (Wildman–Crippen LogP) is 5.63. The molecule has 3 rings (SSSR count). The number of ether oxygens (including phenoxy) is 2. The van der Waals surface area contributed by atoms with Crippen LogP contribution >= 0.6 is 11.6 Å². The summed E-state index contributed by atoms with van der Waals surface area (Å²) in [5.41, 5.74) is 3.02. The Morgan fingerprint density at radius 3 is 2.45 bits per heavy atom. The molecule has 0 aliphatic heterocycles. The van der Waals surface area contributed by atoms with Gasteiger partial charge in [-0.3, -0.25) is 0 Å². The Morgan fingerprint density at radius 1 is 1.00 bits per heavy atom. The lowest BCUT2D eigenvalue weighted by molar-refractivity contribution is 0.0697. The minimum atomic E-state index is -0.940. The van der Waals surface area contributed by atoms with Gasteiger partial charge in [-0.1, -0.05) is 35.9 Å². The van der Waals surface area contributed by atoms with Crippen LogP contribution in [0, 0.1) is 0 Å². The molecular formula is C23H22ClNO4. The molecule has 0 aliphatic carbocycles. The second-order valence-corrected chi connectivity index (χ2v) is 6.74. The third kappa shape index (κ3) is 5.65. The smallest absolute Gasteiger partial charge is 0.335 e. The van der Waals surface area contributed by atoms with Gasteiger partial charge < -0.3 is 19.9 Å². The average molecular weight is 412 g/mol. The first-order valence-corrected chi connectivity index (χ1v) is 9.63. The largest absolute Gasteiger partial charge is 0.490 e. The van der Waals surface area contributed by atoms with E-state index in [0.29, 0.717) is 36.3 Å². The Kier molecular flexibility index (Phi) is 6.98. The molecule has 0 atom stereocenters. The van der Waals surface area contributed by atoms with Crippen molar-refractivity contribution in [1.29, 1.82) is 0 Å². The number of hydrogen-bond donors (Lipinski definition) is 2. The molecular weight excluding hydrogens is 390 g/mol. The van der Waals surface area contributed by atoms with Crippen LogP contribution in [0.3, 0.4) is 0 Å². The summed E-state index contributed by atoms with van der Waals surface area (Å²) in [5, 5.41) is 12.9. The molecule has 0 heterocycles.